The third-order valence-corrected chi connectivity index (χ3v) is 5.74. The third kappa shape index (κ3) is 2.97. The Morgan fingerprint density at radius 1 is 1.61 bits per heavy atom. The SMILES string of the molecule is CCC1CCCC(Cc2ccc(Br)s2)(C(=O)O)C1. The Morgan fingerprint density at radius 3 is 2.94 bits per heavy atom. The molecule has 1 aliphatic rings. The maximum Gasteiger partial charge on any atom is 0.310 e. The average molecular weight is 331 g/mol. The number of hydrogen-bond acceptors (Lipinski definition) is 2. The van der Waals surface area contributed by atoms with Gasteiger partial charge in [-0.3, -0.25) is 4.79 Å². The third-order valence-electron chi connectivity index (χ3n) is 4.12. The van der Waals surface area contributed by atoms with Gasteiger partial charge in [0.15, 0.2) is 0 Å². The minimum absolute atomic E-state index is 0.525. The van der Waals surface area contributed by atoms with Crippen LogP contribution in [-0.4, -0.2) is 11.1 Å². The van der Waals surface area contributed by atoms with E-state index in [0.717, 1.165) is 29.5 Å². The zero-order valence-electron chi connectivity index (χ0n) is 10.6. The summed E-state index contributed by atoms with van der Waals surface area (Å²) in [4.78, 5) is 12.9. The van der Waals surface area contributed by atoms with Crippen molar-refractivity contribution < 1.29 is 9.90 Å². The molecule has 2 unspecified atom stereocenters. The predicted molar refractivity (Wildman–Crippen MR) is 78.0 cm³/mol. The Hall–Kier alpha value is -0.350. The Kier molecular flexibility index (Phi) is 4.49. The molecule has 0 aliphatic heterocycles. The molecule has 0 bridgehead atoms. The number of rotatable bonds is 4. The molecule has 1 N–H and O–H groups in total. The maximum atomic E-state index is 11.7. The van der Waals surface area contributed by atoms with E-state index in [-0.39, 0.29) is 0 Å². The molecule has 2 nitrogen and oxygen atoms in total. The number of carboxylic acids is 1. The predicted octanol–water partition coefficient (Wildman–Crippen LogP) is 4.72. The number of aliphatic carboxylic acids is 1. The van der Waals surface area contributed by atoms with Gasteiger partial charge in [-0.15, -0.1) is 11.3 Å². The summed E-state index contributed by atoms with van der Waals surface area (Å²) in [6.07, 6.45) is 5.71. The molecule has 0 saturated heterocycles. The van der Waals surface area contributed by atoms with Gasteiger partial charge >= 0.3 is 5.97 Å². The van der Waals surface area contributed by atoms with Crippen LogP contribution in [0.1, 0.15) is 43.9 Å². The monoisotopic (exact) mass is 330 g/mol. The molecule has 1 fully saturated rings. The topological polar surface area (TPSA) is 37.3 Å². The lowest BCUT2D eigenvalue weighted by Crippen LogP contribution is -2.38. The first-order valence-electron chi connectivity index (χ1n) is 6.53. The highest BCUT2D eigenvalue weighted by Gasteiger charge is 2.42. The van der Waals surface area contributed by atoms with Gasteiger partial charge in [0.25, 0.3) is 0 Å². The van der Waals surface area contributed by atoms with Crippen molar-refractivity contribution in [1.29, 1.82) is 0 Å². The molecule has 1 saturated carbocycles. The van der Waals surface area contributed by atoms with Crippen LogP contribution in [0.15, 0.2) is 15.9 Å². The number of carboxylic acid groups (broad SMARTS) is 1. The van der Waals surface area contributed by atoms with E-state index in [1.54, 1.807) is 11.3 Å². The Bertz CT molecular complexity index is 429. The molecule has 1 aliphatic carbocycles. The fourth-order valence-electron chi connectivity index (χ4n) is 3.04. The van der Waals surface area contributed by atoms with Crippen LogP contribution in [0.4, 0.5) is 0 Å². The first kappa shape index (κ1) is 14.1. The van der Waals surface area contributed by atoms with Gasteiger partial charge in [-0.1, -0.05) is 26.2 Å². The van der Waals surface area contributed by atoms with Gasteiger partial charge in [0.05, 0.1) is 9.20 Å². The normalized spacial score (nSPS) is 28.2. The van der Waals surface area contributed by atoms with E-state index in [9.17, 15) is 9.90 Å². The minimum atomic E-state index is -0.606. The van der Waals surface area contributed by atoms with Crippen molar-refractivity contribution in [2.45, 2.75) is 45.4 Å². The summed E-state index contributed by atoms with van der Waals surface area (Å²) < 4.78 is 1.08. The van der Waals surface area contributed by atoms with E-state index in [1.165, 1.54) is 11.3 Å². The summed E-state index contributed by atoms with van der Waals surface area (Å²) in [7, 11) is 0. The Labute approximate surface area is 121 Å². The van der Waals surface area contributed by atoms with Crippen molar-refractivity contribution in [2.75, 3.05) is 0 Å². The van der Waals surface area contributed by atoms with Crippen LogP contribution in [0, 0.1) is 11.3 Å². The van der Waals surface area contributed by atoms with Crippen LogP contribution in [0.3, 0.4) is 0 Å². The molecule has 4 heteroatoms. The van der Waals surface area contributed by atoms with Gasteiger partial charge in [-0.25, -0.2) is 0 Å². The summed E-state index contributed by atoms with van der Waals surface area (Å²) >= 11 is 5.11. The van der Waals surface area contributed by atoms with Crippen LogP contribution in [0.5, 0.6) is 0 Å². The van der Waals surface area contributed by atoms with Gasteiger partial charge in [0.2, 0.25) is 0 Å². The molecule has 0 amide bonds. The zero-order valence-corrected chi connectivity index (χ0v) is 13.0. The van der Waals surface area contributed by atoms with Crippen LogP contribution in [-0.2, 0) is 11.2 Å². The quantitative estimate of drug-likeness (QED) is 0.866. The van der Waals surface area contributed by atoms with Crippen molar-refractivity contribution >= 4 is 33.2 Å². The van der Waals surface area contributed by atoms with E-state index in [1.807, 2.05) is 6.07 Å². The lowest BCUT2D eigenvalue weighted by atomic mass is 9.67. The number of halogens is 1. The molecule has 2 atom stereocenters. The first-order chi connectivity index (χ1) is 8.55. The van der Waals surface area contributed by atoms with E-state index < -0.39 is 11.4 Å². The van der Waals surface area contributed by atoms with Crippen molar-refractivity contribution in [1.82, 2.24) is 0 Å². The number of thiophene rings is 1. The maximum absolute atomic E-state index is 11.7. The lowest BCUT2D eigenvalue weighted by Gasteiger charge is -2.37. The molecular formula is C14H19BrO2S. The highest BCUT2D eigenvalue weighted by Crippen LogP contribution is 2.44. The average Bonchev–Trinajstić information content (AvgIpc) is 2.74. The first-order valence-corrected chi connectivity index (χ1v) is 8.14. The highest BCUT2D eigenvalue weighted by atomic mass is 79.9. The standard InChI is InChI=1S/C14H19BrO2S/c1-2-10-4-3-7-14(8-10,13(16)17)9-11-5-6-12(15)18-11/h5-6,10H,2-4,7-9H2,1H3,(H,16,17). The summed E-state index contributed by atoms with van der Waals surface area (Å²) in [6.45, 7) is 2.17. The van der Waals surface area contributed by atoms with Crippen molar-refractivity contribution in [2.24, 2.45) is 11.3 Å². The van der Waals surface area contributed by atoms with E-state index in [2.05, 4.69) is 28.9 Å². The van der Waals surface area contributed by atoms with E-state index in [4.69, 9.17) is 0 Å². The number of carbonyl (C=O) groups is 1. The molecule has 18 heavy (non-hydrogen) atoms. The van der Waals surface area contributed by atoms with Gasteiger partial charge in [-0.05, 0) is 53.2 Å². The molecule has 100 valence electrons. The highest BCUT2D eigenvalue weighted by molar-refractivity contribution is 9.11. The molecule has 0 aromatic carbocycles. The minimum Gasteiger partial charge on any atom is -0.481 e. The molecule has 1 aromatic heterocycles. The van der Waals surface area contributed by atoms with E-state index >= 15 is 0 Å². The molecule has 0 spiro atoms. The molecule has 1 aromatic rings. The second kappa shape index (κ2) is 5.74. The molecule has 1 heterocycles. The second-order valence-electron chi connectivity index (χ2n) is 5.34. The van der Waals surface area contributed by atoms with Crippen LogP contribution < -0.4 is 0 Å². The smallest absolute Gasteiger partial charge is 0.310 e. The van der Waals surface area contributed by atoms with Crippen LogP contribution in [0.2, 0.25) is 0 Å². The van der Waals surface area contributed by atoms with E-state index in [0.29, 0.717) is 12.3 Å². The molecule has 2 rings (SSSR count). The molecule has 0 radical (unpaired) electrons. The van der Waals surface area contributed by atoms with Crippen LogP contribution in [0.25, 0.3) is 0 Å². The van der Waals surface area contributed by atoms with Crippen LogP contribution >= 0.6 is 27.3 Å². The summed E-state index contributed by atoms with van der Waals surface area (Å²) in [5.41, 5.74) is -0.525. The van der Waals surface area contributed by atoms with Gasteiger partial charge in [0.1, 0.15) is 0 Å². The largest absolute Gasteiger partial charge is 0.481 e. The van der Waals surface area contributed by atoms with Gasteiger partial charge in [-0.2, -0.15) is 0 Å². The number of hydrogen-bond donors (Lipinski definition) is 1. The second-order valence-corrected chi connectivity index (χ2v) is 7.89. The fraction of sp³-hybridized carbons (Fsp3) is 0.643. The summed E-state index contributed by atoms with van der Waals surface area (Å²) in [5.74, 6) is -0.0246. The van der Waals surface area contributed by atoms with Gasteiger partial charge < -0.3 is 5.11 Å². The Balaban J connectivity index is 2.18. The Morgan fingerprint density at radius 2 is 2.39 bits per heavy atom. The van der Waals surface area contributed by atoms with Crippen molar-refractivity contribution in [3.63, 3.8) is 0 Å². The summed E-state index contributed by atoms with van der Waals surface area (Å²) in [6, 6.07) is 4.06. The van der Waals surface area contributed by atoms with Crippen molar-refractivity contribution in [3.8, 4) is 0 Å². The summed E-state index contributed by atoms with van der Waals surface area (Å²) in [5, 5.41) is 9.66. The fourth-order valence-corrected chi connectivity index (χ4v) is 4.67. The zero-order chi connectivity index (χ0) is 13.2. The van der Waals surface area contributed by atoms with Gasteiger partial charge in [0, 0.05) is 4.88 Å². The molecular weight excluding hydrogens is 312 g/mol. The lowest BCUT2D eigenvalue weighted by molar-refractivity contribution is -0.152. The van der Waals surface area contributed by atoms with Crippen molar-refractivity contribution in [3.05, 3.63) is 20.8 Å².